The molecule has 0 aliphatic carbocycles. The van der Waals surface area contributed by atoms with E-state index in [1.165, 1.54) is 5.82 Å². The standard InChI is InChI=1S/C16H32N4/c1-7-16(5,20(9-3)10-4)14(17-6)13-15-18-11-12-19(15)8-2/h11-12,14,17H,7-10,13H2,1-6H3. The highest BCUT2D eigenvalue weighted by molar-refractivity contribution is 5.03. The van der Waals surface area contributed by atoms with Crippen LogP contribution in [0.1, 0.15) is 46.9 Å². The zero-order valence-electron chi connectivity index (χ0n) is 14.1. The van der Waals surface area contributed by atoms with Gasteiger partial charge >= 0.3 is 0 Å². The van der Waals surface area contributed by atoms with Crippen molar-refractivity contribution < 1.29 is 0 Å². The molecule has 0 radical (unpaired) electrons. The fraction of sp³-hybridized carbons (Fsp3) is 0.812. The van der Waals surface area contributed by atoms with Crippen LogP contribution in [0.25, 0.3) is 0 Å². The van der Waals surface area contributed by atoms with Crippen LogP contribution in [0.4, 0.5) is 0 Å². The van der Waals surface area contributed by atoms with Crippen LogP contribution in [-0.2, 0) is 13.0 Å². The van der Waals surface area contributed by atoms with Gasteiger partial charge in [0.2, 0.25) is 0 Å². The lowest BCUT2D eigenvalue weighted by atomic mass is 9.85. The summed E-state index contributed by atoms with van der Waals surface area (Å²) >= 11 is 0. The van der Waals surface area contributed by atoms with E-state index in [0.717, 1.165) is 32.5 Å². The summed E-state index contributed by atoms with van der Waals surface area (Å²) in [6, 6.07) is 0.403. The molecule has 0 spiro atoms. The van der Waals surface area contributed by atoms with Crippen molar-refractivity contribution in [3.05, 3.63) is 18.2 Å². The molecule has 0 amide bonds. The number of imidazole rings is 1. The Kier molecular flexibility index (Phi) is 6.69. The first-order valence-electron chi connectivity index (χ1n) is 7.99. The molecule has 0 saturated carbocycles. The minimum Gasteiger partial charge on any atom is -0.335 e. The molecule has 4 nitrogen and oxygen atoms in total. The van der Waals surface area contributed by atoms with Crippen molar-refractivity contribution in [1.29, 1.82) is 0 Å². The Labute approximate surface area is 124 Å². The third-order valence-electron chi connectivity index (χ3n) is 4.83. The number of hydrogen-bond acceptors (Lipinski definition) is 3. The molecule has 0 aliphatic heterocycles. The van der Waals surface area contributed by atoms with Crippen molar-refractivity contribution in [3.63, 3.8) is 0 Å². The number of likely N-dealkylation sites (N-methyl/N-ethyl adjacent to an activating group) is 2. The Morgan fingerprint density at radius 1 is 1.30 bits per heavy atom. The van der Waals surface area contributed by atoms with Crippen LogP contribution in [0.3, 0.4) is 0 Å². The molecule has 2 atom stereocenters. The fourth-order valence-corrected chi connectivity index (χ4v) is 3.27. The van der Waals surface area contributed by atoms with Crippen LogP contribution >= 0.6 is 0 Å². The van der Waals surface area contributed by atoms with Crippen LogP contribution < -0.4 is 5.32 Å². The summed E-state index contributed by atoms with van der Waals surface area (Å²) in [7, 11) is 2.07. The van der Waals surface area contributed by atoms with E-state index in [9.17, 15) is 0 Å². The Bertz CT molecular complexity index is 384. The topological polar surface area (TPSA) is 33.1 Å². The maximum atomic E-state index is 4.54. The van der Waals surface area contributed by atoms with Gasteiger partial charge in [0.15, 0.2) is 0 Å². The highest BCUT2D eigenvalue weighted by Crippen LogP contribution is 2.25. The van der Waals surface area contributed by atoms with E-state index < -0.39 is 0 Å². The number of aryl methyl sites for hydroxylation is 1. The summed E-state index contributed by atoms with van der Waals surface area (Å²) in [4.78, 5) is 7.10. The number of nitrogens with one attached hydrogen (secondary N) is 1. The quantitative estimate of drug-likeness (QED) is 0.754. The number of hydrogen-bond donors (Lipinski definition) is 1. The lowest BCUT2D eigenvalue weighted by Gasteiger charge is -2.45. The monoisotopic (exact) mass is 280 g/mol. The Hall–Kier alpha value is -0.870. The molecule has 0 saturated heterocycles. The summed E-state index contributed by atoms with van der Waals surface area (Å²) < 4.78 is 2.24. The number of rotatable bonds is 9. The van der Waals surface area contributed by atoms with Crippen molar-refractivity contribution in [2.45, 2.75) is 65.6 Å². The predicted molar refractivity (Wildman–Crippen MR) is 86.1 cm³/mol. The van der Waals surface area contributed by atoms with Gasteiger partial charge in [0, 0.05) is 36.9 Å². The third-order valence-corrected chi connectivity index (χ3v) is 4.83. The summed E-state index contributed by atoms with van der Waals surface area (Å²) in [6.07, 6.45) is 6.08. The SMILES string of the molecule is CCN(CC)C(C)(CC)C(Cc1nccn1CC)NC. The van der Waals surface area contributed by atoms with Gasteiger partial charge in [-0.2, -0.15) is 0 Å². The van der Waals surface area contributed by atoms with Crippen molar-refractivity contribution in [2.75, 3.05) is 20.1 Å². The van der Waals surface area contributed by atoms with Gasteiger partial charge in [0.05, 0.1) is 0 Å². The van der Waals surface area contributed by atoms with Crippen LogP contribution in [0.5, 0.6) is 0 Å². The zero-order chi connectivity index (χ0) is 15.2. The van der Waals surface area contributed by atoms with E-state index >= 15 is 0 Å². The van der Waals surface area contributed by atoms with E-state index in [0.29, 0.717) is 6.04 Å². The first-order chi connectivity index (χ1) is 9.57. The average molecular weight is 280 g/mol. The molecule has 1 aromatic heterocycles. The van der Waals surface area contributed by atoms with Gasteiger partial charge in [0.1, 0.15) is 5.82 Å². The maximum absolute atomic E-state index is 4.54. The molecule has 1 heterocycles. The van der Waals surface area contributed by atoms with Crippen molar-refractivity contribution >= 4 is 0 Å². The van der Waals surface area contributed by atoms with Crippen molar-refractivity contribution in [2.24, 2.45) is 0 Å². The second kappa shape index (κ2) is 7.79. The minimum atomic E-state index is 0.156. The molecular weight excluding hydrogens is 248 g/mol. The summed E-state index contributed by atoms with van der Waals surface area (Å²) in [5.41, 5.74) is 0.156. The molecule has 0 bridgehead atoms. The fourth-order valence-electron chi connectivity index (χ4n) is 3.27. The van der Waals surface area contributed by atoms with E-state index in [-0.39, 0.29) is 5.54 Å². The number of aromatic nitrogens is 2. The molecular formula is C16H32N4. The van der Waals surface area contributed by atoms with Gasteiger partial charge in [0.25, 0.3) is 0 Å². The molecule has 4 heteroatoms. The van der Waals surface area contributed by atoms with E-state index in [2.05, 4.69) is 67.6 Å². The molecule has 20 heavy (non-hydrogen) atoms. The van der Waals surface area contributed by atoms with Crippen LogP contribution in [0, 0.1) is 0 Å². The van der Waals surface area contributed by atoms with Crippen LogP contribution in [-0.4, -0.2) is 46.2 Å². The molecule has 0 aliphatic rings. The maximum Gasteiger partial charge on any atom is 0.110 e. The summed E-state index contributed by atoms with van der Waals surface area (Å²) in [6.45, 7) is 14.5. The Balaban J connectivity index is 2.97. The van der Waals surface area contributed by atoms with Crippen LogP contribution in [0.15, 0.2) is 12.4 Å². The van der Waals surface area contributed by atoms with Crippen LogP contribution in [0.2, 0.25) is 0 Å². The van der Waals surface area contributed by atoms with Gasteiger partial charge in [-0.25, -0.2) is 4.98 Å². The summed E-state index contributed by atoms with van der Waals surface area (Å²) in [5.74, 6) is 1.18. The predicted octanol–water partition coefficient (Wildman–Crippen LogP) is 2.54. The molecule has 1 N–H and O–H groups in total. The molecule has 2 unspecified atom stereocenters. The smallest absolute Gasteiger partial charge is 0.110 e. The van der Waals surface area contributed by atoms with Crippen molar-refractivity contribution in [1.82, 2.24) is 19.8 Å². The molecule has 0 aromatic carbocycles. The van der Waals surface area contributed by atoms with Gasteiger partial charge in [-0.05, 0) is 40.4 Å². The second-order valence-electron chi connectivity index (χ2n) is 5.56. The van der Waals surface area contributed by atoms with Gasteiger partial charge in [-0.3, -0.25) is 4.90 Å². The highest BCUT2D eigenvalue weighted by Gasteiger charge is 2.36. The Morgan fingerprint density at radius 3 is 2.40 bits per heavy atom. The van der Waals surface area contributed by atoms with Gasteiger partial charge < -0.3 is 9.88 Å². The first-order valence-corrected chi connectivity index (χ1v) is 7.99. The minimum absolute atomic E-state index is 0.156. The second-order valence-corrected chi connectivity index (χ2v) is 5.56. The molecule has 1 aromatic rings. The molecule has 0 fully saturated rings. The third kappa shape index (κ3) is 3.41. The average Bonchev–Trinajstić information content (AvgIpc) is 2.92. The zero-order valence-corrected chi connectivity index (χ0v) is 14.1. The van der Waals surface area contributed by atoms with E-state index in [1.807, 2.05) is 6.20 Å². The summed E-state index contributed by atoms with van der Waals surface area (Å²) in [5, 5.41) is 3.54. The van der Waals surface area contributed by atoms with E-state index in [4.69, 9.17) is 0 Å². The molecule has 1 rings (SSSR count). The van der Waals surface area contributed by atoms with Gasteiger partial charge in [-0.1, -0.05) is 20.8 Å². The van der Waals surface area contributed by atoms with E-state index in [1.54, 1.807) is 0 Å². The number of nitrogens with zero attached hydrogens (tertiary/aromatic N) is 3. The lowest BCUT2D eigenvalue weighted by molar-refractivity contribution is 0.0720. The lowest BCUT2D eigenvalue weighted by Crippen LogP contribution is -2.59. The van der Waals surface area contributed by atoms with Crippen molar-refractivity contribution in [3.8, 4) is 0 Å². The normalized spacial score (nSPS) is 16.4. The highest BCUT2D eigenvalue weighted by atomic mass is 15.2. The first kappa shape index (κ1) is 17.2. The molecule has 116 valence electrons. The Morgan fingerprint density at radius 2 is 1.95 bits per heavy atom. The van der Waals surface area contributed by atoms with Gasteiger partial charge in [-0.15, -0.1) is 0 Å². The largest absolute Gasteiger partial charge is 0.335 e.